The lowest BCUT2D eigenvalue weighted by atomic mass is 10.1. The number of nitrogens with one attached hydrogen (secondary N) is 1. The number of benzene rings is 3. The molecule has 1 aliphatic rings. The standard InChI is InChI=1S/C27H23N5O3/c33-25(28-19-10-11-23-22(16-19)29-24-17-35-15-14-31(23)24)12-13-32-27(34)21-9-5-4-8-20(21)26(30-32)18-6-2-1-3-7-18/h1-11,16H,12-15,17H2,(H,28,33). The molecule has 3 heterocycles. The molecule has 0 radical (unpaired) electrons. The van der Waals surface area contributed by atoms with E-state index in [0.717, 1.165) is 40.0 Å². The number of imidazole rings is 1. The molecule has 0 aliphatic carbocycles. The van der Waals surface area contributed by atoms with E-state index in [1.54, 1.807) is 6.07 Å². The molecule has 0 spiro atoms. The second-order valence-corrected chi connectivity index (χ2v) is 8.52. The van der Waals surface area contributed by atoms with Gasteiger partial charge in [0, 0.05) is 29.6 Å². The molecule has 0 saturated heterocycles. The van der Waals surface area contributed by atoms with Gasteiger partial charge in [-0.15, -0.1) is 0 Å². The molecule has 8 nitrogen and oxygen atoms in total. The molecular formula is C27H23N5O3. The second kappa shape index (κ2) is 8.81. The van der Waals surface area contributed by atoms with Crippen molar-refractivity contribution in [3.05, 3.63) is 89.0 Å². The molecule has 1 aliphatic heterocycles. The average molecular weight is 466 g/mol. The molecule has 35 heavy (non-hydrogen) atoms. The van der Waals surface area contributed by atoms with Gasteiger partial charge in [0.2, 0.25) is 5.91 Å². The molecule has 174 valence electrons. The lowest BCUT2D eigenvalue weighted by Gasteiger charge is -2.14. The lowest BCUT2D eigenvalue weighted by molar-refractivity contribution is -0.116. The molecule has 0 fully saturated rings. The van der Waals surface area contributed by atoms with Crippen LogP contribution in [0.1, 0.15) is 12.2 Å². The number of aryl methyl sites for hydroxylation is 1. The van der Waals surface area contributed by atoms with Crippen LogP contribution in [0, 0.1) is 0 Å². The summed E-state index contributed by atoms with van der Waals surface area (Å²) in [6, 6.07) is 22.9. The Bertz CT molecular complexity index is 1620. The smallest absolute Gasteiger partial charge is 0.274 e. The molecule has 0 atom stereocenters. The number of carbonyl (C=O) groups is 1. The third kappa shape index (κ3) is 3.98. The van der Waals surface area contributed by atoms with Crippen molar-refractivity contribution in [3.63, 3.8) is 0 Å². The first-order chi connectivity index (χ1) is 17.2. The largest absolute Gasteiger partial charge is 0.372 e. The Morgan fingerprint density at radius 3 is 2.66 bits per heavy atom. The van der Waals surface area contributed by atoms with Crippen molar-refractivity contribution in [2.75, 3.05) is 11.9 Å². The van der Waals surface area contributed by atoms with Gasteiger partial charge < -0.3 is 14.6 Å². The zero-order valence-electron chi connectivity index (χ0n) is 19.0. The van der Waals surface area contributed by atoms with E-state index in [4.69, 9.17) is 4.74 Å². The minimum absolute atomic E-state index is 0.116. The first-order valence-corrected chi connectivity index (χ1v) is 11.6. The van der Waals surface area contributed by atoms with Gasteiger partial charge in [0.05, 0.1) is 35.3 Å². The van der Waals surface area contributed by atoms with E-state index in [0.29, 0.717) is 24.3 Å². The van der Waals surface area contributed by atoms with Crippen molar-refractivity contribution in [3.8, 4) is 11.3 Å². The number of hydrogen-bond acceptors (Lipinski definition) is 5. The van der Waals surface area contributed by atoms with Crippen molar-refractivity contribution >= 4 is 33.4 Å². The van der Waals surface area contributed by atoms with Crippen LogP contribution in [0.3, 0.4) is 0 Å². The van der Waals surface area contributed by atoms with Gasteiger partial charge in [0.1, 0.15) is 12.4 Å². The van der Waals surface area contributed by atoms with E-state index in [2.05, 4.69) is 20.0 Å². The number of hydrogen-bond donors (Lipinski definition) is 1. The number of nitrogens with zero attached hydrogens (tertiary/aromatic N) is 4. The number of amides is 1. The summed E-state index contributed by atoms with van der Waals surface area (Å²) >= 11 is 0. The highest BCUT2D eigenvalue weighted by atomic mass is 16.5. The third-order valence-electron chi connectivity index (χ3n) is 6.27. The van der Waals surface area contributed by atoms with Gasteiger partial charge in [0.25, 0.3) is 5.56 Å². The monoisotopic (exact) mass is 465 g/mol. The van der Waals surface area contributed by atoms with Gasteiger partial charge in [-0.2, -0.15) is 5.10 Å². The van der Waals surface area contributed by atoms with Crippen LogP contribution < -0.4 is 10.9 Å². The van der Waals surface area contributed by atoms with Crippen LogP contribution in [0.4, 0.5) is 5.69 Å². The van der Waals surface area contributed by atoms with E-state index >= 15 is 0 Å². The van der Waals surface area contributed by atoms with Gasteiger partial charge in [0.15, 0.2) is 0 Å². The fraction of sp³-hybridized carbons (Fsp3) is 0.185. The normalized spacial score (nSPS) is 13.1. The molecule has 6 rings (SSSR count). The van der Waals surface area contributed by atoms with Crippen molar-refractivity contribution in [1.82, 2.24) is 19.3 Å². The van der Waals surface area contributed by atoms with E-state index in [9.17, 15) is 9.59 Å². The van der Waals surface area contributed by atoms with E-state index in [-0.39, 0.29) is 24.4 Å². The van der Waals surface area contributed by atoms with Crippen LogP contribution in [0.25, 0.3) is 33.1 Å². The van der Waals surface area contributed by atoms with Gasteiger partial charge in [-0.1, -0.05) is 48.5 Å². The van der Waals surface area contributed by atoms with Crippen molar-refractivity contribution in [1.29, 1.82) is 0 Å². The summed E-state index contributed by atoms with van der Waals surface area (Å²) in [7, 11) is 0. The molecule has 8 heteroatoms. The summed E-state index contributed by atoms with van der Waals surface area (Å²) in [4.78, 5) is 30.4. The molecule has 0 unspecified atom stereocenters. The van der Waals surface area contributed by atoms with Crippen LogP contribution >= 0.6 is 0 Å². The molecule has 5 aromatic rings. The van der Waals surface area contributed by atoms with E-state index in [1.807, 2.05) is 66.7 Å². The molecule has 0 saturated carbocycles. The zero-order chi connectivity index (χ0) is 23.8. The van der Waals surface area contributed by atoms with E-state index in [1.165, 1.54) is 4.68 Å². The van der Waals surface area contributed by atoms with Crippen LogP contribution in [-0.2, 0) is 29.2 Å². The topological polar surface area (TPSA) is 91.0 Å². The first kappa shape index (κ1) is 21.2. The first-order valence-electron chi connectivity index (χ1n) is 11.6. The highest BCUT2D eigenvalue weighted by molar-refractivity contribution is 5.94. The average Bonchev–Trinajstić information content (AvgIpc) is 3.27. The summed E-state index contributed by atoms with van der Waals surface area (Å²) in [5.74, 6) is 0.700. The Kier molecular flexibility index (Phi) is 5.35. The van der Waals surface area contributed by atoms with Gasteiger partial charge in [-0.3, -0.25) is 9.59 Å². The summed E-state index contributed by atoms with van der Waals surface area (Å²) < 4.78 is 9.01. The minimum atomic E-state index is -0.208. The highest BCUT2D eigenvalue weighted by Crippen LogP contribution is 2.25. The predicted molar refractivity (Wildman–Crippen MR) is 134 cm³/mol. The van der Waals surface area contributed by atoms with Crippen molar-refractivity contribution < 1.29 is 9.53 Å². The highest BCUT2D eigenvalue weighted by Gasteiger charge is 2.16. The number of aromatic nitrogens is 4. The maximum Gasteiger partial charge on any atom is 0.274 e. The zero-order valence-corrected chi connectivity index (χ0v) is 19.0. The molecular weight excluding hydrogens is 442 g/mol. The van der Waals surface area contributed by atoms with Gasteiger partial charge in [-0.25, -0.2) is 9.67 Å². The molecule has 1 N–H and O–H groups in total. The van der Waals surface area contributed by atoms with Gasteiger partial charge >= 0.3 is 0 Å². The number of ether oxygens (including phenoxy) is 1. The van der Waals surface area contributed by atoms with Crippen molar-refractivity contribution in [2.45, 2.75) is 26.1 Å². The van der Waals surface area contributed by atoms with Gasteiger partial charge in [-0.05, 0) is 24.3 Å². The van der Waals surface area contributed by atoms with Crippen molar-refractivity contribution in [2.24, 2.45) is 0 Å². The second-order valence-electron chi connectivity index (χ2n) is 8.52. The Morgan fingerprint density at radius 2 is 1.80 bits per heavy atom. The minimum Gasteiger partial charge on any atom is -0.372 e. The summed E-state index contributed by atoms with van der Waals surface area (Å²) in [5.41, 5.74) is 3.95. The fourth-order valence-corrected chi connectivity index (χ4v) is 4.56. The maximum atomic E-state index is 13.1. The Balaban J connectivity index is 1.24. The predicted octanol–water partition coefficient (Wildman–Crippen LogP) is 3.97. The number of carbonyl (C=O) groups excluding carboxylic acids is 1. The molecule has 2 aromatic heterocycles. The number of rotatable bonds is 5. The summed E-state index contributed by atoms with van der Waals surface area (Å²) in [6.45, 7) is 2.11. The summed E-state index contributed by atoms with van der Waals surface area (Å²) in [6.07, 6.45) is 0.116. The molecule has 0 bridgehead atoms. The van der Waals surface area contributed by atoms with Crippen LogP contribution in [0.2, 0.25) is 0 Å². The molecule has 1 amide bonds. The Labute approximate surface area is 200 Å². The Hall–Kier alpha value is -4.30. The number of fused-ring (bicyclic) bond motifs is 4. The maximum absolute atomic E-state index is 13.1. The van der Waals surface area contributed by atoms with E-state index < -0.39 is 0 Å². The van der Waals surface area contributed by atoms with Crippen LogP contribution in [0.15, 0.2) is 77.6 Å². The third-order valence-corrected chi connectivity index (χ3v) is 6.27. The SMILES string of the molecule is O=C(CCn1nc(-c2ccccc2)c2ccccc2c1=O)Nc1ccc2c(c1)nc1n2CCOC1. The summed E-state index contributed by atoms with van der Waals surface area (Å²) in [5, 5.41) is 8.93. The fourth-order valence-electron chi connectivity index (χ4n) is 4.56. The van der Waals surface area contributed by atoms with Crippen LogP contribution in [-0.4, -0.2) is 31.8 Å². The number of anilines is 1. The van der Waals surface area contributed by atoms with Crippen LogP contribution in [0.5, 0.6) is 0 Å². The Morgan fingerprint density at radius 1 is 1.00 bits per heavy atom. The lowest BCUT2D eigenvalue weighted by Crippen LogP contribution is -2.26. The quantitative estimate of drug-likeness (QED) is 0.424. The molecule has 3 aromatic carbocycles.